The molecule has 4 heteroatoms. The summed E-state index contributed by atoms with van der Waals surface area (Å²) in [5, 5.41) is 4.41. The molecule has 8 N–H and O–H groups in total. The number of hydrogen-bond donors (Lipinski definition) is 4. The van der Waals surface area contributed by atoms with Gasteiger partial charge in [0.15, 0.2) is 0 Å². The molecule has 0 radical (unpaired) electrons. The second kappa shape index (κ2) is 6.38. The average Bonchev–Trinajstić information content (AvgIpc) is 2.56. The van der Waals surface area contributed by atoms with E-state index in [9.17, 15) is 0 Å². The maximum Gasteiger partial charge on any atom is 0.0393 e. The number of nitrogens with two attached hydrogens (primary N) is 4. The Balaban J connectivity index is 0.000000141. The topological polar surface area (TPSA) is 104 Å². The summed E-state index contributed by atoms with van der Waals surface area (Å²) in [5.74, 6) is 0. The number of nitrogen functional groups attached to an aromatic ring is 4. The van der Waals surface area contributed by atoms with Crippen molar-refractivity contribution in [2.75, 3.05) is 22.9 Å². The Bertz CT molecular complexity index is 967. The Hall–Kier alpha value is -3.40. The molecule has 0 saturated carbocycles. The molecular weight excluding hydrogens is 296 g/mol. The quantitative estimate of drug-likeness (QED) is 0.368. The standard InChI is InChI=1S/2C10H10N2/c11-9-3-1-7-5-10(12)4-2-8(7)6-9;11-8-4-5-9-7(6-8)2-1-3-10(9)12/h2*1-6H,11-12H2. The summed E-state index contributed by atoms with van der Waals surface area (Å²) in [6, 6.07) is 23.1. The third-order valence-corrected chi connectivity index (χ3v) is 3.83. The minimum atomic E-state index is 0.771. The van der Waals surface area contributed by atoms with Crippen LogP contribution in [0.15, 0.2) is 72.8 Å². The van der Waals surface area contributed by atoms with Crippen LogP contribution in [0.25, 0.3) is 21.5 Å². The third-order valence-electron chi connectivity index (χ3n) is 3.83. The number of hydrogen-bond acceptors (Lipinski definition) is 4. The number of benzene rings is 4. The van der Waals surface area contributed by atoms with E-state index in [2.05, 4.69) is 0 Å². The molecule has 0 unspecified atom stereocenters. The van der Waals surface area contributed by atoms with E-state index in [1.807, 2.05) is 72.8 Å². The molecule has 0 spiro atoms. The summed E-state index contributed by atoms with van der Waals surface area (Å²) in [6.45, 7) is 0. The van der Waals surface area contributed by atoms with Crippen LogP contribution < -0.4 is 22.9 Å². The van der Waals surface area contributed by atoms with Gasteiger partial charge in [0.2, 0.25) is 0 Å². The summed E-state index contributed by atoms with van der Waals surface area (Å²) >= 11 is 0. The van der Waals surface area contributed by atoms with E-state index in [4.69, 9.17) is 22.9 Å². The lowest BCUT2D eigenvalue weighted by Gasteiger charge is -2.01. The SMILES string of the molecule is Nc1ccc2c(N)cccc2c1.Nc1ccc2cc(N)ccc2c1. The van der Waals surface area contributed by atoms with Crippen LogP contribution in [-0.4, -0.2) is 0 Å². The van der Waals surface area contributed by atoms with E-state index in [-0.39, 0.29) is 0 Å². The first-order chi connectivity index (χ1) is 11.5. The lowest BCUT2D eigenvalue weighted by atomic mass is 10.1. The Morgan fingerprint density at radius 3 is 1.54 bits per heavy atom. The van der Waals surface area contributed by atoms with Gasteiger partial charge in [0.05, 0.1) is 0 Å². The van der Waals surface area contributed by atoms with Crippen molar-refractivity contribution >= 4 is 44.3 Å². The summed E-state index contributed by atoms with van der Waals surface area (Å²) in [7, 11) is 0. The second-order valence-electron chi connectivity index (χ2n) is 5.69. The van der Waals surface area contributed by atoms with E-state index in [1.54, 1.807) is 0 Å². The largest absolute Gasteiger partial charge is 0.399 e. The lowest BCUT2D eigenvalue weighted by molar-refractivity contribution is 1.71. The van der Waals surface area contributed by atoms with Crippen molar-refractivity contribution in [3.63, 3.8) is 0 Å². The van der Waals surface area contributed by atoms with E-state index >= 15 is 0 Å². The van der Waals surface area contributed by atoms with Gasteiger partial charge in [-0.1, -0.05) is 30.3 Å². The predicted molar refractivity (Wildman–Crippen MR) is 106 cm³/mol. The molecule has 0 atom stereocenters. The van der Waals surface area contributed by atoms with Crippen molar-refractivity contribution in [3.8, 4) is 0 Å². The zero-order chi connectivity index (χ0) is 17.1. The van der Waals surface area contributed by atoms with Gasteiger partial charge in [-0.15, -0.1) is 0 Å². The molecule has 4 aromatic carbocycles. The van der Waals surface area contributed by atoms with Gasteiger partial charge in [-0.05, 0) is 58.6 Å². The van der Waals surface area contributed by atoms with Crippen molar-refractivity contribution in [1.82, 2.24) is 0 Å². The Kier molecular flexibility index (Phi) is 4.12. The van der Waals surface area contributed by atoms with Crippen LogP contribution in [0.1, 0.15) is 0 Å². The Morgan fingerprint density at radius 2 is 0.958 bits per heavy atom. The molecule has 0 aliphatic carbocycles. The van der Waals surface area contributed by atoms with Crippen LogP contribution in [0.2, 0.25) is 0 Å². The van der Waals surface area contributed by atoms with Gasteiger partial charge in [0.1, 0.15) is 0 Å². The van der Waals surface area contributed by atoms with Crippen LogP contribution in [0.5, 0.6) is 0 Å². The average molecular weight is 316 g/mol. The minimum Gasteiger partial charge on any atom is -0.399 e. The number of anilines is 4. The molecule has 0 heterocycles. The highest BCUT2D eigenvalue weighted by atomic mass is 14.6. The third kappa shape index (κ3) is 3.33. The molecule has 0 fully saturated rings. The van der Waals surface area contributed by atoms with Crippen LogP contribution in [0, 0.1) is 0 Å². The van der Waals surface area contributed by atoms with E-state index in [0.717, 1.165) is 44.3 Å². The molecule has 0 bridgehead atoms. The monoisotopic (exact) mass is 316 g/mol. The predicted octanol–water partition coefficient (Wildman–Crippen LogP) is 4.01. The molecule has 0 saturated heterocycles. The number of rotatable bonds is 0. The van der Waals surface area contributed by atoms with Crippen molar-refractivity contribution in [2.45, 2.75) is 0 Å². The van der Waals surface area contributed by atoms with Gasteiger partial charge in [-0.3, -0.25) is 0 Å². The molecule has 24 heavy (non-hydrogen) atoms. The van der Waals surface area contributed by atoms with Crippen LogP contribution in [0.3, 0.4) is 0 Å². The molecular formula is C20H20N4. The van der Waals surface area contributed by atoms with Gasteiger partial charge in [-0.2, -0.15) is 0 Å². The van der Waals surface area contributed by atoms with Crippen molar-refractivity contribution in [3.05, 3.63) is 72.8 Å². The van der Waals surface area contributed by atoms with Gasteiger partial charge in [-0.25, -0.2) is 0 Å². The van der Waals surface area contributed by atoms with Crippen molar-refractivity contribution in [1.29, 1.82) is 0 Å². The van der Waals surface area contributed by atoms with Crippen molar-refractivity contribution in [2.24, 2.45) is 0 Å². The van der Waals surface area contributed by atoms with Crippen molar-refractivity contribution < 1.29 is 0 Å². The zero-order valence-electron chi connectivity index (χ0n) is 13.2. The minimum absolute atomic E-state index is 0.771. The molecule has 4 aromatic rings. The molecule has 0 aliphatic heterocycles. The highest BCUT2D eigenvalue weighted by molar-refractivity contribution is 5.94. The fraction of sp³-hybridized carbons (Fsp3) is 0. The molecule has 0 aliphatic rings. The number of fused-ring (bicyclic) bond motifs is 2. The van der Waals surface area contributed by atoms with E-state index < -0.39 is 0 Å². The molecule has 4 rings (SSSR count). The molecule has 0 amide bonds. The van der Waals surface area contributed by atoms with Crippen LogP contribution in [0.4, 0.5) is 22.7 Å². The molecule has 4 nitrogen and oxygen atoms in total. The van der Waals surface area contributed by atoms with E-state index in [0.29, 0.717) is 0 Å². The first-order valence-corrected chi connectivity index (χ1v) is 7.61. The Labute approximate surface area is 140 Å². The normalized spacial score (nSPS) is 10.3. The molecule has 120 valence electrons. The van der Waals surface area contributed by atoms with E-state index in [1.165, 1.54) is 0 Å². The van der Waals surface area contributed by atoms with Gasteiger partial charge in [0.25, 0.3) is 0 Å². The summed E-state index contributed by atoms with van der Waals surface area (Å²) in [5.41, 5.74) is 25.8. The maximum atomic E-state index is 5.77. The first kappa shape index (κ1) is 15.5. The van der Waals surface area contributed by atoms with Crippen LogP contribution >= 0.6 is 0 Å². The molecule has 0 aromatic heterocycles. The van der Waals surface area contributed by atoms with Gasteiger partial charge < -0.3 is 22.9 Å². The highest BCUT2D eigenvalue weighted by Gasteiger charge is 1.96. The maximum absolute atomic E-state index is 5.77. The smallest absolute Gasteiger partial charge is 0.0393 e. The summed E-state index contributed by atoms with van der Waals surface area (Å²) in [6.07, 6.45) is 0. The lowest BCUT2D eigenvalue weighted by Crippen LogP contribution is -1.88. The Morgan fingerprint density at radius 1 is 0.458 bits per heavy atom. The second-order valence-corrected chi connectivity index (χ2v) is 5.69. The summed E-state index contributed by atoms with van der Waals surface area (Å²) in [4.78, 5) is 0. The fourth-order valence-electron chi connectivity index (χ4n) is 2.61. The van der Waals surface area contributed by atoms with Gasteiger partial charge in [0, 0.05) is 28.1 Å². The zero-order valence-corrected chi connectivity index (χ0v) is 13.2. The highest BCUT2D eigenvalue weighted by Crippen LogP contribution is 2.22. The van der Waals surface area contributed by atoms with Crippen LogP contribution in [-0.2, 0) is 0 Å². The summed E-state index contributed by atoms with van der Waals surface area (Å²) < 4.78 is 0. The van der Waals surface area contributed by atoms with Gasteiger partial charge >= 0.3 is 0 Å². The fourth-order valence-corrected chi connectivity index (χ4v) is 2.61. The first-order valence-electron chi connectivity index (χ1n) is 7.61.